The predicted molar refractivity (Wildman–Crippen MR) is 72.2 cm³/mol. The molecule has 0 aromatic carbocycles. The van der Waals surface area contributed by atoms with E-state index in [0.717, 1.165) is 24.2 Å². The maximum Gasteiger partial charge on any atom is 0.237 e. The van der Waals surface area contributed by atoms with Crippen LogP contribution < -0.4 is 16.4 Å². The number of hydrogen-bond acceptors (Lipinski definition) is 4. The minimum Gasteiger partial charge on any atom is -0.397 e. The highest BCUT2D eigenvalue weighted by Gasteiger charge is 2.25. The average Bonchev–Trinajstić information content (AvgIpc) is 2.83. The van der Waals surface area contributed by atoms with Crippen molar-refractivity contribution in [2.45, 2.75) is 38.6 Å². The minimum atomic E-state index is -0.321. The third kappa shape index (κ3) is 2.72. The smallest absolute Gasteiger partial charge is 0.237 e. The van der Waals surface area contributed by atoms with Crippen molar-refractivity contribution in [3.63, 3.8) is 0 Å². The molecule has 1 aliphatic carbocycles. The molecular weight excluding hydrogens is 228 g/mol. The third-order valence-electron chi connectivity index (χ3n) is 3.52. The highest BCUT2D eigenvalue weighted by atomic mass is 16.1. The number of amides is 1. The van der Waals surface area contributed by atoms with Gasteiger partial charge in [0.1, 0.15) is 5.82 Å². The number of anilines is 2. The fraction of sp³-hybridized carbons (Fsp3) is 0.538. The van der Waals surface area contributed by atoms with Crippen LogP contribution in [0.1, 0.15) is 31.2 Å². The van der Waals surface area contributed by atoms with E-state index in [-0.39, 0.29) is 12.5 Å². The molecular formula is C13H20N4O. The Bertz CT molecular complexity index is 441. The molecule has 1 heterocycles. The normalized spacial score (nSPS) is 15.8. The summed E-state index contributed by atoms with van der Waals surface area (Å²) >= 11 is 0. The van der Waals surface area contributed by atoms with Crippen LogP contribution in [0.4, 0.5) is 11.5 Å². The Balaban J connectivity index is 2.26. The van der Waals surface area contributed by atoms with Crippen LogP contribution in [0.15, 0.2) is 12.3 Å². The first kappa shape index (κ1) is 12.7. The van der Waals surface area contributed by atoms with Crippen LogP contribution in [-0.2, 0) is 4.79 Å². The Kier molecular flexibility index (Phi) is 3.69. The van der Waals surface area contributed by atoms with Crippen molar-refractivity contribution in [2.75, 3.05) is 17.2 Å². The van der Waals surface area contributed by atoms with Crippen LogP contribution in [0, 0.1) is 6.92 Å². The number of aryl methyl sites for hydroxylation is 1. The van der Waals surface area contributed by atoms with Gasteiger partial charge in [-0.25, -0.2) is 4.98 Å². The molecule has 4 N–H and O–H groups in total. The number of pyridine rings is 1. The molecule has 1 amide bonds. The minimum absolute atomic E-state index is 0.223. The van der Waals surface area contributed by atoms with Gasteiger partial charge in [-0.3, -0.25) is 4.79 Å². The van der Waals surface area contributed by atoms with Crippen molar-refractivity contribution in [2.24, 2.45) is 5.73 Å². The van der Waals surface area contributed by atoms with Crippen LogP contribution >= 0.6 is 0 Å². The number of aromatic nitrogens is 1. The molecule has 18 heavy (non-hydrogen) atoms. The van der Waals surface area contributed by atoms with Crippen molar-refractivity contribution < 1.29 is 4.79 Å². The van der Waals surface area contributed by atoms with Gasteiger partial charge >= 0.3 is 0 Å². The quantitative estimate of drug-likeness (QED) is 0.838. The maximum atomic E-state index is 11.2. The molecule has 1 aromatic rings. The SMILES string of the molecule is Cc1cc(N(CC(N)=O)C2CCCC2)ncc1N. The molecule has 0 unspecified atom stereocenters. The largest absolute Gasteiger partial charge is 0.397 e. The van der Waals surface area contributed by atoms with Gasteiger partial charge in [0.2, 0.25) is 5.91 Å². The molecule has 1 fully saturated rings. The van der Waals surface area contributed by atoms with Gasteiger partial charge in [0, 0.05) is 6.04 Å². The number of primary amides is 1. The van der Waals surface area contributed by atoms with E-state index in [4.69, 9.17) is 11.5 Å². The highest BCUT2D eigenvalue weighted by Crippen LogP contribution is 2.28. The van der Waals surface area contributed by atoms with E-state index in [2.05, 4.69) is 4.98 Å². The Hall–Kier alpha value is -1.78. The van der Waals surface area contributed by atoms with Gasteiger partial charge < -0.3 is 16.4 Å². The Morgan fingerprint density at radius 1 is 1.50 bits per heavy atom. The first-order valence-corrected chi connectivity index (χ1v) is 6.35. The zero-order chi connectivity index (χ0) is 13.1. The monoisotopic (exact) mass is 248 g/mol. The third-order valence-corrected chi connectivity index (χ3v) is 3.52. The molecule has 0 bridgehead atoms. The topological polar surface area (TPSA) is 85.2 Å². The number of nitrogen functional groups attached to an aromatic ring is 1. The number of carbonyl (C=O) groups excluding carboxylic acids is 1. The molecule has 1 saturated carbocycles. The van der Waals surface area contributed by atoms with Crippen molar-refractivity contribution in [1.29, 1.82) is 0 Å². The predicted octanol–water partition coefficient (Wildman–Crippen LogP) is 1.21. The van der Waals surface area contributed by atoms with E-state index >= 15 is 0 Å². The lowest BCUT2D eigenvalue weighted by Gasteiger charge is -2.29. The average molecular weight is 248 g/mol. The number of carbonyl (C=O) groups is 1. The summed E-state index contributed by atoms with van der Waals surface area (Å²) in [6, 6.07) is 2.30. The van der Waals surface area contributed by atoms with Crippen LogP contribution in [0.2, 0.25) is 0 Å². The van der Waals surface area contributed by atoms with E-state index in [0.29, 0.717) is 11.7 Å². The molecule has 1 aromatic heterocycles. The Labute approximate surface area is 107 Å². The van der Waals surface area contributed by atoms with Crippen LogP contribution in [0.5, 0.6) is 0 Å². The summed E-state index contributed by atoms with van der Waals surface area (Å²) in [7, 11) is 0. The maximum absolute atomic E-state index is 11.2. The molecule has 0 aliphatic heterocycles. The highest BCUT2D eigenvalue weighted by molar-refractivity contribution is 5.79. The number of nitrogens with two attached hydrogens (primary N) is 2. The molecule has 2 rings (SSSR count). The van der Waals surface area contributed by atoms with Crippen molar-refractivity contribution in [3.05, 3.63) is 17.8 Å². The van der Waals surface area contributed by atoms with Crippen molar-refractivity contribution in [1.82, 2.24) is 4.98 Å². The van der Waals surface area contributed by atoms with Gasteiger partial charge in [-0.05, 0) is 31.4 Å². The summed E-state index contributed by atoms with van der Waals surface area (Å²) in [6.07, 6.45) is 6.24. The van der Waals surface area contributed by atoms with Crippen molar-refractivity contribution in [3.8, 4) is 0 Å². The zero-order valence-electron chi connectivity index (χ0n) is 10.7. The van der Waals surface area contributed by atoms with Gasteiger partial charge in [-0.2, -0.15) is 0 Å². The fourth-order valence-electron chi connectivity index (χ4n) is 2.49. The van der Waals surface area contributed by atoms with Crippen LogP contribution in [-0.4, -0.2) is 23.5 Å². The lowest BCUT2D eigenvalue weighted by molar-refractivity contribution is -0.116. The fourth-order valence-corrected chi connectivity index (χ4v) is 2.49. The van der Waals surface area contributed by atoms with Gasteiger partial charge in [-0.15, -0.1) is 0 Å². The van der Waals surface area contributed by atoms with Crippen molar-refractivity contribution >= 4 is 17.4 Å². The van der Waals surface area contributed by atoms with Crippen LogP contribution in [0.3, 0.4) is 0 Å². The molecule has 0 saturated heterocycles. The van der Waals surface area contributed by atoms with E-state index in [1.165, 1.54) is 12.8 Å². The van der Waals surface area contributed by atoms with Gasteiger partial charge in [0.05, 0.1) is 18.4 Å². The number of nitrogens with zero attached hydrogens (tertiary/aromatic N) is 2. The van der Waals surface area contributed by atoms with E-state index in [1.54, 1.807) is 6.20 Å². The van der Waals surface area contributed by atoms with Gasteiger partial charge in [0.15, 0.2) is 0 Å². The second kappa shape index (κ2) is 5.25. The summed E-state index contributed by atoms with van der Waals surface area (Å²) in [5.74, 6) is 0.477. The Morgan fingerprint density at radius 3 is 2.72 bits per heavy atom. The van der Waals surface area contributed by atoms with Gasteiger partial charge in [0.25, 0.3) is 0 Å². The molecule has 98 valence electrons. The molecule has 0 atom stereocenters. The molecule has 5 heteroatoms. The standard InChI is InChI=1S/C13H20N4O/c1-9-6-13(16-7-11(9)14)17(8-12(15)18)10-4-2-3-5-10/h6-7,10H,2-5,8,14H2,1H3,(H2,15,18). The summed E-state index contributed by atoms with van der Waals surface area (Å²) in [6.45, 7) is 2.17. The lowest BCUT2D eigenvalue weighted by Crippen LogP contribution is -2.40. The summed E-state index contributed by atoms with van der Waals surface area (Å²) in [4.78, 5) is 17.6. The van der Waals surface area contributed by atoms with Crippen LogP contribution in [0.25, 0.3) is 0 Å². The van der Waals surface area contributed by atoms with E-state index in [1.807, 2.05) is 17.9 Å². The Morgan fingerprint density at radius 2 is 2.17 bits per heavy atom. The van der Waals surface area contributed by atoms with Gasteiger partial charge in [-0.1, -0.05) is 12.8 Å². The number of rotatable bonds is 4. The molecule has 5 nitrogen and oxygen atoms in total. The lowest BCUT2D eigenvalue weighted by atomic mass is 10.2. The zero-order valence-corrected chi connectivity index (χ0v) is 10.7. The second-order valence-electron chi connectivity index (χ2n) is 4.93. The molecule has 0 radical (unpaired) electrons. The molecule has 0 spiro atoms. The number of hydrogen-bond donors (Lipinski definition) is 2. The molecule has 1 aliphatic rings. The second-order valence-corrected chi connectivity index (χ2v) is 4.93. The first-order valence-electron chi connectivity index (χ1n) is 6.35. The van der Waals surface area contributed by atoms with E-state index in [9.17, 15) is 4.79 Å². The first-order chi connectivity index (χ1) is 8.58. The summed E-state index contributed by atoms with van der Waals surface area (Å²) < 4.78 is 0. The van der Waals surface area contributed by atoms with E-state index < -0.39 is 0 Å². The summed E-state index contributed by atoms with van der Waals surface area (Å²) in [5.41, 5.74) is 12.8. The summed E-state index contributed by atoms with van der Waals surface area (Å²) in [5, 5.41) is 0.